The van der Waals surface area contributed by atoms with Gasteiger partial charge < -0.3 is 4.57 Å². The maximum absolute atomic E-state index is 15.1. The predicted octanol–water partition coefficient (Wildman–Crippen LogP) is 13.5. The molecule has 0 bridgehead atoms. The summed E-state index contributed by atoms with van der Waals surface area (Å²) in [5.41, 5.74) is 6.77. The number of hydrogen-bond acceptors (Lipinski definition) is 3. The molecule has 0 aliphatic rings. The molecule has 0 atom stereocenters. The third-order valence-electron chi connectivity index (χ3n) is 11.0. The van der Waals surface area contributed by atoms with Gasteiger partial charge in [-0.3, -0.25) is 4.57 Å². The van der Waals surface area contributed by atoms with Crippen LogP contribution in [0.15, 0.2) is 170 Å². The molecule has 0 N–H and O–H groups in total. The van der Waals surface area contributed by atoms with Gasteiger partial charge in [-0.05, 0) is 67.5 Å². The Balaban J connectivity index is 1.32. The number of nitrogens with zero attached hydrogens (tertiary/aromatic N) is 5. The van der Waals surface area contributed by atoms with Crippen molar-refractivity contribution in [2.45, 2.75) is 20.0 Å². The standard InChI is InChI=1S/C52H34F3N5/c1-33(49-56-50(35-18-6-3-7-19-35)58-51(57-49)36-20-8-4-9-21-36)32-43(38-24-12-15-27-44(38)52(53,54)55)34(2)59-45-28-16-13-25-39(45)41-30-31-42-40-26-14-17-29-46(40)60(48(42)47(41)59)37-22-10-5-11-23-37/h3-10,12-22,24-32H,1-2H3/b33-32+,43-34-. The number of benzene rings is 6. The summed E-state index contributed by atoms with van der Waals surface area (Å²) in [4.78, 5) is 14.7. The van der Waals surface area contributed by atoms with Crippen LogP contribution in [0.4, 0.5) is 13.2 Å². The van der Waals surface area contributed by atoms with Crippen LogP contribution in [0, 0.1) is 12.1 Å². The first kappa shape index (κ1) is 36.6. The van der Waals surface area contributed by atoms with Gasteiger partial charge in [0, 0.05) is 43.9 Å². The molecule has 288 valence electrons. The fourth-order valence-corrected chi connectivity index (χ4v) is 8.30. The molecule has 5 nitrogen and oxygen atoms in total. The molecular formula is C52H34F3N5. The van der Waals surface area contributed by atoms with Crippen LogP contribution in [0.3, 0.4) is 0 Å². The van der Waals surface area contributed by atoms with Crippen molar-refractivity contribution in [1.29, 1.82) is 0 Å². The molecule has 0 spiro atoms. The van der Waals surface area contributed by atoms with Crippen molar-refractivity contribution in [3.8, 4) is 28.5 Å². The average molecular weight is 786 g/mol. The summed E-state index contributed by atoms with van der Waals surface area (Å²) < 4.78 is 49.7. The lowest BCUT2D eigenvalue weighted by molar-refractivity contribution is -0.137. The Hall–Kier alpha value is -7.76. The van der Waals surface area contributed by atoms with Gasteiger partial charge in [0.1, 0.15) is 0 Å². The van der Waals surface area contributed by atoms with Crippen LogP contribution in [0.5, 0.6) is 0 Å². The van der Waals surface area contributed by atoms with Crippen molar-refractivity contribution in [3.63, 3.8) is 0 Å². The Kier molecular flexibility index (Phi) is 8.88. The zero-order valence-corrected chi connectivity index (χ0v) is 32.5. The molecule has 0 saturated carbocycles. The van der Waals surface area contributed by atoms with Crippen molar-refractivity contribution in [1.82, 2.24) is 24.1 Å². The second kappa shape index (κ2) is 14.6. The van der Waals surface area contributed by atoms with Crippen LogP contribution in [-0.2, 0) is 6.18 Å². The molecule has 10 aromatic rings. The Bertz CT molecular complexity index is 3250. The van der Waals surface area contributed by atoms with Gasteiger partial charge in [0.05, 0.1) is 33.3 Å². The largest absolute Gasteiger partial charge is 0.417 e. The number of fused-ring (bicyclic) bond motifs is 7. The predicted molar refractivity (Wildman–Crippen MR) is 236 cm³/mol. The second-order valence-electron chi connectivity index (χ2n) is 14.7. The summed E-state index contributed by atoms with van der Waals surface area (Å²) >= 11 is 0. The lowest BCUT2D eigenvalue weighted by atomic mass is 9.95. The first-order chi connectivity index (χ1) is 29.3. The fourth-order valence-electron chi connectivity index (χ4n) is 8.30. The molecule has 8 heteroatoms. The molecule has 0 fully saturated rings. The SMILES string of the molecule is C/C(=C(\C=C(/C)c1nc(-c2ccccc2)nc(-c2ccccc2)n1)c1ccccc1C(F)(F)F)n1c2ccccc2c2ccc3c4ccccc4n(-c4c#cccc4)c3c21. The van der Waals surface area contributed by atoms with Gasteiger partial charge in [-0.15, -0.1) is 0 Å². The summed E-state index contributed by atoms with van der Waals surface area (Å²) in [6.45, 7) is 3.73. The topological polar surface area (TPSA) is 48.5 Å². The van der Waals surface area contributed by atoms with E-state index in [1.807, 2.05) is 123 Å². The van der Waals surface area contributed by atoms with E-state index in [0.717, 1.165) is 66.5 Å². The van der Waals surface area contributed by atoms with Gasteiger partial charge in [-0.2, -0.15) is 13.2 Å². The molecule has 0 aliphatic heterocycles. The van der Waals surface area contributed by atoms with Crippen molar-refractivity contribution in [2.75, 3.05) is 0 Å². The van der Waals surface area contributed by atoms with Crippen molar-refractivity contribution in [3.05, 3.63) is 199 Å². The number of halogens is 3. The normalized spacial score (nSPS) is 12.7. The quantitative estimate of drug-likeness (QED) is 0.151. The van der Waals surface area contributed by atoms with Gasteiger partial charge >= 0.3 is 6.18 Å². The van der Waals surface area contributed by atoms with Gasteiger partial charge in [-0.25, -0.2) is 15.0 Å². The highest BCUT2D eigenvalue weighted by atomic mass is 19.4. The molecule has 60 heavy (non-hydrogen) atoms. The molecule has 0 radical (unpaired) electrons. The Morgan fingerprint density at radius 1 is 0.567 bits per heavy atom. The van der Waals surface area contributed by atoms with E-state index in [2.05, 4.69) is 51.6 Å². The average Bonchev–Trinajstić information content (AvgIpc) is 3.81. The van der Waals surface area contributed by atoms with E-state index >= 15 is 13.2 Å². The molecule has 0 amide bonds. The zero-order valence-electron chi connectivity index (χ0n) is 32.5. The number of rotatable bonds is 7. The van der Waals surface area contributed by atoms with E-state index in [1.54, 1.807) is 18.2 Å². The zero-order chi connectivity index (χ0) is 41.0. The molecule has 3 heterocycles. The molecular weight excluding hydrogens is 752 g/mol. The maximum atomic E-state index is 15.1. The summed E-state index contributed by atoms with van der Waals surface area (Å²) in [5.74, 6) is 1.26. The molecule has 0 unspecified atom stereocenters. The first-order valence-electron chi connectivity index (χ1n) is 19.5. The number of hydrogen-bond donors (Lipinski definition) is 0. The maximum Gasteiger partial charge on any atom is 0.417 e. The van der Waals surface area contributed by atoms with Crippen LogP contribution in [0.1, 0.15) is 30.8 Å². The summed E-state index contributed by atoms with van der Waals surface area (Å²) in [7, 11) is 0. The minimum Gasteiger partial charge on any atom is -0.311 e. The highest BCUT2D eigenvalue weighted by molar-refractivity contribution is 6.24. The Morgan fingerprint density at radius 2 is 1.13 bits per heavy atom. The van der Waals surface area contributed by atoms with E-state index in [-0.39, 0.29) is 5.56 Å². The molecule has 7 aromatic carbocycles. The fraction of sp³-hybridized carbons (Fsp3) is 0.0577. The summed E-state index contributed by atoms with van der Waals surface area (Å²) in [5, 5.41) is 3.98. The van der Waals surface area contributed by atoms with Crippen molar-refractivity contribution >= 4 is 60.5 Å². The van der Waals surface area contributed by atoms with Crippen LogP contribution < -0.4 is 0 Å². The highest BCUT2D eigenvalue weighted by Gasteiger charge is 2.34. The van der Waals surface area contributed by atoms with Crippen LogP contribution in [0.2, 0.25) is 0 Å². The number of alkyl halides is 3. The third-order valence-corrected chi connectivity index (χ3v) is 11.0. The van der Waals surface area contributed by atoms with Crippen molar-refractivity contribution < 1.29 is 13.2 Å². The Labute approximate surface area is 344 Å². The van der Waals surface area contributed by atoms with E-state index in [1.165, 1.54) is 6.07 Å². The lowest BCUT2D eigenvalue weighted by Crippen LogP contribution is -2.10. The third kappa shape index (κ3) is 6.19. The van der Waals surface area contributed by atoms with E-state index in [4.69, 9.17) is 15.0 Å². The number of aromatic nitrogens is 5. The highest BCUT2D eigenvalue weighted by Crippen LogP contribution is 2.44. The molecule has 0 aliphatic carbocycles. The summed E-state index contributed by atoms with van der Waals surface area (Å²) in [6, 6.07) is 57.6. The second-order valence-corrected chi connectivity index (χ2v) is 14.7. The van der Waals surface area contributed by atoms with Gasteiger partial charge in [0.25, 0.3) is 0 Å². The van der Waals surface area contributed by atoms with Gasteiger partial charge in [0.15, 0.2) is 17.5 Å². The first-order valence-corrected chi connectivity index (χ1v) is 19.5. The van der Waals surface area contributed by atoms with Crippen molar-refractivity contribution in [2.24, 2.45) is 0 Å². The van der Waals surface area contributed by atoms with Gasteiger partial charge in [0.2, 0.25) is 0 Å². The molecule has 3 aromatic heterocycles. The molecule has 10 rings (SSSR count). The van der Waals surface area contributed by atoms with Crippen LogP contribution >= 0.6 is 0 Å². The van der Waals surface area contributed by atoms with Crippen LogP contribution in [-0.4, -0.2) is 24.1 Å². The molecule has 0 saturated heterocycles. The number of allylic oxidation sites excluding steroid dienone is 4. The van der Waals surface area contributed by atoms with Gasteiger partial charge in [-0.1, -0.05) is 140 Å². The minimum atomic E-state index is -4.64. The smallest absolute Gasteiger partial charge is 0.311 e. The minimum absolute atomic E-state index is 0.0344. The van der Waals surface area contributed by atoms with Crippen LogP contribution in [0.25, 0.3) is 88.9 Å². The monoisotopic (exact) mass is 785 g/mol. The Morgan fingerprint density at radius 3 is 1.77 bits per heavy atom. The van der Waals surface area contributed by atoms with E-state index < -0.39 is 11.7 Å². The summed E-state index contributed by atoms with van der Waals surface area (Å²) in [6.07, 6.45) is -2.85. The lowest BCUT2D eigenvalue weighted by Gasteiger charge is -2.19. The van der Waals surface area contributed by atoms with E-state index in [0.29, 0.717) is 34.3 Å². The van der Waals surface area contributed by atoms with E-state index in [9.17, 15) is 0 Å². The number of para-hydroxylation sites is 2.